The molecule has 0 bridgehead atoms. The minimum atomic E-state index is -4.68. The van der Waals surface area contributed by atoms with E-state index in [1.807, 2.05) is 0 Å². The van der Waals surface area contributed by atoms with Crippen molar-refractivity contribution in [2.45, 2.75) is 12.1 Å². The van der Waals surface area contributed by atoms with Crippen LogP contribution >= 0.6 is 11.6 Å². The van der Waals surface area contributed by atoms with E-state index in [4.69, 9.17) is 17.3 Å². The van der Waals surface area contributed by atoms with E-state index in [1.165, 1.54) is 0 Å². The maximum absolute atomic E-state index is 12.8. The fourth-order valence-electron chi connectivity index (χ4n) is 1.09. The Bertz CT molecular complexity index is 348. The SMILES string of the molecule is Nc1c(F)ccc(CCl)c1C(F)(F)F. The lowest BCUT2D eigenvalue weighted by atomic mass is 10.1. The summed E-state index contributed by atoms with van der Waals surface area (Å²) < 4.78 is 49.9. The highest BCUT2D eigenvalue weighted by atomic mass is 35.5. The van der Waals surface area contributed by atoms with Gasteiger partial charge in [-0.05, 0) is 11.6 Å². The quantitative estimate of drug-likeness (QED) is 0.445. The van der Waals surface area contributed by atoms with Crippen molar-refractivity contribution in [3.63, 3.8) is 0 Å². The first-order chi connectivity index (χ1) is 6.38. The Hall–Kier alpha value is -0.970. The summed E-state index contributed by atoms with van der Waals surface area (Å²) in [5.41, 5.74) is 2.67. The molecule has 0 saturated carbocycles. The fraction of sp³-hybridized carbons (Fsp3) is 0.250. The van der Waals surface area contributed by atoms with Crippen LogP contribution in [0.1, 0.15) is 11.1 Å². The molecule has 78 valence electrons. The highest BCUT2D eigenvalue weighted by Crippen LogP contribution is 2.37. The second kappa shape index (κ2) is 3.65. The van der Waals surface area contributed by atoms with Gasteiger partial charge in [-0.3, -0.25) is 0 Å². The van der Waals surface area contributed by atoms with Crippen LogP contribution in [0.2, 0.25) is 0 Å². The van der Waals surface area contributed by atoms with E-state index in [2.05, 4.69) is 0 Å². The van der Waals surface area contributed by atoms with Gasteiger partial charge < -0.3 is 5.73 Å². The number of nitrogens with two attached hydrogens (primary N) is 1. The van der Waals surface area contributed by atoms with Gasteiger partial charge in [0.25, 0.3) is 0 Å². The zero-order valence-electron chi connectivity index (χ0n) is 6.83. The van der Waals surface area contributed by atoms with Crippen LogP contribution in [0.5, 0.6) is 0 Å². The normalized spacial score (nSPS) is 11.8. The third-order valence-electron chi connectivity index (χ3n) is 1.71. The predicted octanol–water partition coefficient (Wildman–Crippen LogP) is 3.17. The molecule has 0 aliphatic heterocycles. The van der Waals surface area contributed by atoms with E-state index in [9.17, 15) is 17.6 Å². The van der Waals surface area contributed by atoms with Gasteiger partial charge in [0.15, 0.2) is 0 Å². The number of nitrogen functional groups attached to an aromatic ring is 1. The summed E-state index contributed by atoms with van der Waals surface area (Å²) in [7, 11) is 0. The zero-order valence-corrected chi connectivity index (χ0v) is 7.58. The summed E-state index contributed by atoms with van der Waals surface area (Å²) in [4.78, 5) is 0. The Morgan fingerprint density at radius 2 is 1.86 bits per heavy atom. The number of halogens is 5. The lowest BCUT2D eigenvalue weighted by Crippen LogP contribution is -2.13. The van der Waals surface area contributed by atoms with E-state index in [0.717, 1.165) is 12.1 Å². The summed E-state index contributed by atoms with van der Waals surface area (Å²) in [6.45, 7) is 0. The van der Waals surface area contributed by atoms with E-state index in [-0.39, 0.29) is 11.4 Å². The molecule has 1 nitrogen and oxygen atoms in total. The Morgan fingerprint density at radius 3 is 2.29 bits per heavy atom. The summed E-state index contributed by atoms with van der Waals surface area (Å²) in [6.07, 6.45) is -4.68. The Balaban J connectivity index is 3.44. The monoisotopic (exact) mass is 227 g/mol. The smallest absolute Gasteiger partial charge is 0.396 e. The van der Waals surface area contributed by atoms with Gasteiger partial charge in [-0.1, -0.05) is 6.07 Å². The van der Waals surface area contributed by atoms with E-state index >= 15 is 0 Å². The number of rotatable bonds is 1. The number of hydrogen-bond acceptors (Lipinski definition) is 1. The van der Waals surface area contributed by atoms with Gasteiger partial charge in [-0.25, -0.2) is 4.39 Å². The van der Waals surface area contributed by atoms with Crippen LogP contribution in [0, 0.1) is 5.82 Å². The first-order valence-electron chi connectivity index (χ1n) is 3.58. The van der Waals surface area contributed by atoms with Crippen LogP contribution in [0.4, 0.5) is 23.2 Å². The highest BCUT2D eigenvalue weighted by molar-refractivity contribution is 6.17. The average molecular weight is 228 g/mol. The van der Waals surface area contributed by atoms with Crippen molar-refractivity contribution in [1.29, 1.82) is 0 Å². The Labute approximate surface area is 82.5 Å². The van der Waals surface area contributed by atoms with Crippen LogP contribution in [-0.2, 0) is 12.1 Å². The molecule has 0 fully saturated rings. The molecule has 0 atom stereocenters. The second-order valence-electron chi connectivity index (χ2n) is 2.63. The Kier molecular flexibility index (Phi) is 2.89. The third-order valence-corrected chi connectivity index (χ3v) is 1.99. The number of benzene rings is 1. The molecule has 1 aromatic carbocycles. The molecule has 0 saturated heterocycles. The molecular formula is C8H6ClF4N. The van der Waals surface area contributed by atoms with E-state index in [0.29, 0.717) is 0 Å². The molecular weight excluding hydrogens is 222 g/mol. The zero-order chi connectivity index (χ0) is 10.9. The molecule has 0 unspecified atom stereocenters. The molecule has 0 aliphatic rings. The Morgan fingerprint density at radius 1 is 1.29 bits per heavy atom. The molecule has 0 radical (unpaired) electrons. The summed E-state index contributed by atoms with van der Waals surface area (Å²) in [5.74, 6) is -1.45. The first kappa shape index (κ1) is 11.1. The molecule has 0 aliphatic carbocycles. The van der Waals surface area contributed by atoms with Gasteiger partial charge in [0.05, 0.1) is 11.3 Å². The van der Waals surface area contributed by atoms with Gasteiger partial charge >= 0.3 is 6.18 Å². The van der Waals surface area contributed by atoms with Crippen LogP contribution in [0.3, 0.4) is 0 Å². The molecule has 0 heterocycles. The minimum Gasteiger partial charge on any atom is -0.396 e. The van der Waals surface area contributed by atoms with Gasteiger partial charge in [0.2, 0.25) is 0 Å². The number of hydrogen-bond donors (Lipinski definition) is 1. The molecule has 0 amide bonds. The predicted molar refractivity (Wildman–Crippen MR) is 45.4 cm³/mol. The molecule has 14 heavy (non-hydrogen) atoms. The van der Waals surface area contributed by atoms with Crippen molar-refractivity contribution in [3.8, 4) is 0 Å². The van der Waals surface area contributed by atoms with Crippen LogP contribution < -0.4 is 5.73 Å². The van der Waals surface area contributed by atoms with Gasteiger partial charge in [-0.2, -0.15) is 13.2 Å². The van der Waals surface area contributed by atoms with E-state index < -0.39 is 23.2 Å². The van der Waals surface area contributed by atoms with Crippen molar-refractivity contribution in [2.75, 3.05) is 5.73 Å². The van der Waals surface area contributed by atoms with Gasteiger partial charge in [0.1, 0.15) is 5.82 Å². The summed E-state index contributed by atoms with van der Waals surface area (Å²) in [5, 5.41) is 0. The summed E-state index contributed by atoms with van der Waals surface area (Å²) in [6, 6.07) is 1.84. The highest BCUT2D eigenvalue weighted by Gasteiger charge is 2.36. The molecule has 0 aromatic heterocycles. The minimum absolute atomic E-state index is 0.224. The number of alkyl halides is 4. The lowest BCUT2D eigenvalue weighted by Gasteiger charge is -2.14. The maximum atomic E-state index is 12.8. The van der Waals surface area contributed by atoms with Crippen LogP contribution in [0.15, 0.2) is 12.1 Å². The topological polar surface area (TPSA) is 26.0 Å². The molecule has 0 spiro atoms. The second-order valence-corrected chi connectivity index (χ2v) is 2.89. The third kappa shape index (κ3) is 1.92. The van der Waals surface area contributed by atoms with Crippen LogP contribution in [-0.4, -0.2) is 0 Å². The average Bonchev–Trinajstić information content (AvgIpc) is 2.07. The molecule has 1 aromatic rings. The largest absolute Gasteiger partial charge is 0.418 e. The fourth-order valence-corrected chi connectivity index (χ4v) is 1.31. The van der Waals surface area contributed by atoms with Gasteiger partial charge in [0, 0.05) is 5.88 Å². The van der Waals surface area contributed by atoms with Gasteiger partial charge in [-0.15, -0.1) is 11.6 Å². The molecule has 2 N–H and O–H groups in total. The van der Waals surface area contributed by atoms with Crippen molar-refractivity contribution in [2.24, 2.45) is 0 Å². The van der Waals surface area contributed by atoms with Crippen molar-refractivity contribution < 1.29 is 17.6 Å². The van der Waals surface area contributed by atoms with Crippen LogP contribution in [0.25, 0.3) is 0 Å². The lowest BCUT2D eigenvalue weighted by molar-refractivity contribution is -0.137. The first-order valence-corrected chi connectivity index (χ1v) is 4.11. The molecule has 1 rings (SSSR count). The van der Waals surface area contributed by atoms with Crippen molar-refractivity contribution in [3.05, 3.63) is 29.1 Å². The molecule has 6 heteroatoms. The maximum Gasteiger partial charge on any atom is 0.418 e. The van der Waals surface area contributed by atoms with Crippen molar-refractivity contribution >= 4 is 17.3 Å². The van der Waals surface area contributed by atoms with E-state index in [1.54, 1.807) is 0 Å². The standard InChI is InChI=1S/C8H6ClF4N/c9-3-4-1-2-5(10)7(14)6(4)8(11,12)13/h1-2H,3,14H2. The summed E-state index contributed by atoms with van der Waals surface area (Å²) >= 11 is 5.28. The number of anilines is 1. The van der Waals surface area contributed by atoms with Crippen molar-refractivity contribution in [1.82, 2.24) is 0 Å².